The zero-order valence-corrected chi connectivity index (χ0v) is 18.7. The van der Waals surface area contributed by atoms with Gasteiger partial charge in [0.1, 0.15) is 23.1 Å². The molecule has 3 aromatic rings. The van der Waals surface area contributed by atoms with Gasteiger partial charge in [-0.15, -0.1) is 0 Å². The second-order valence-electron chi connectivity index (χ2n) is 6.81. The number of nitro benzene ring substituents is 2. The summed E-state index contributed by atoms with van der Waals surface area (Å²) in [5.41, 5.74) is -0.421. The van der Waals surface area contributed by atoms with Gasteiger partial charge in [0.15, 0.2) is 0 Å². The van der Waals surface area contributed by atoms with E-state index in [1.165, 1.54) is 31.4 Å². The number of halogens is 1. The molecular weight excluding hydrogens is 480 g/mol. The minimum atomic E-state index is -0.812. The highest BCUT2D eigenvalue weighted by molar-refractivity contribution is 6.32. The van der Waals surface area contributed by atoms with E-state index < -0.39 is 27.1 Å². The van der Waals surface area contributed by atoms with Gasteiger partial charge in [-0.25, -0.2) is 0 Å². The maximum atomic E-state index is 12.5. The first kappa shape index (κ1) is 24.7. The summed E-state index contributed by atoms with van der Waals surface area (Å²) in [4.78, 5) is 33.1. The zero-order chi connectivity index (χ0) is 25.5. The third-order valence-corrected chi connectivity index (χ3v) is 4.85. The number of anilines is 1. The van der Waals surface area contributed by atoms with Gasteiger partial charge >= 0.3 is 5.69 Å². The number of nitrogens with zero attached hydrogens (tertiary/aromatic N) is 3. The quantitative estimate of drug-likeness (QED) is 0.186. The molecule has 0 saturated carbocycles. The Kier molecular flexibility index (Phi) is 7.60. The molecule has 0 aromatic heterocycles. The number of amides is 1. The van der Waals surface area contributed by atoms with E-state index in [2.05, 4.69) is 5.32 Å². The molecule has 0 bridgehead atoms. The number of ether oxygens (including phenoxy) is 2. The first-order chi connectivity index (χ1) is 16.7. The normalized spacial score (nSPS) is 10.7. The SMILES string of the molecule is COc1ccc(NC(=O)/C(C#N)=C/c2ccc(Oc3ccc([N+](=O)[O-])cc3[N+](=O)[O-])c(Cl)c2)cc1. The predicted octanol–water partition coefficient (Wildman–Crippen LogP) is 5.50. The van der Waals surface area contributed by atoms with Gasteiger partial charge in [-0.2, -0.15) is 5.26 Å². The summed E-state index contributed by atoms with van der Waals surface area (Å²) in [6, 6.07) is 15.6. The van der Waals surface area contributed by atoms with Crippen LogP contribution in [0.1, 0.15) is 5.56 Å². The Bertz CT molecular complexity index is 1380. The van der Waals surface area contributed by atoms with E-state index in [1.807, 2.05) is 6.07 Å². The molecule has 0 saturated heterocycles. The number of methoxy groups -OCH3 is 1. The average molecular weight is 495 g/mol. The number of hydrogen-bond donors (Lipinski definition) is 1. The van der Waals surface area contributed by atoms with Crippen LogP contribution in [-0.2, 0) is 4.79 Å². The van der Waals surface area contributed by atoms with Crippen LogP contribution in [-0.4, -0.2) is 22.9 Å². The number of carbonyl (C=O) groups excluding carboxylic acids is 1. The van der Waals surface area contributed by atoms with E-state index in [9.17, 15) is 30.3 Å². The van der Waals surface area contributed by atoms with Crippen molar-refractivity contribution >= 4 is 40.6 Å². The van der Waals surface area contributed by atoms with Crippen LogP contribution in [0.3, 0.4) is 0 Å². The Morgan fingerprint density at radius 1 is 1.03 bits per heavy atom. The predicted molar refractivity (Wildman–Crippen MR) is 126 cm³/mol. The Morgan fingerprint density at radius 2 is 1.71 bits per heavy atom. The topological polar surface area (TPSA) is 158 Å². The summed E-state index contributed by atoms with van der Waals surface area (Å²) in [6.45, 7) is 0. The van der Waals surface area contributed by atoms with Gasteiger partial charge < -0.3 is 14.8 Å². The molecule has 0 aliphatic carbocycles. The van der Waals surface area contributed by atoms with Crippen LogP contribution in [0.2, 0.25) is 5.02 Å². The Morgan fingerprint density at radius 3 is 2.29 bits per heavy atom. The van der Waals surface area contributed by atoms with Crippen molar-refractivity contribution in [1.29, 1.82) is 5.26 Å². The molecule has 12 heteroatoms. The van der Waals surface area contributed by atoms with Gasteiger partial charge in [0.05, 0.1) is 28.0 Å². The van der Waals surface area contributed by atoms with Crippen molar-refractivity contribution < 1.29 is 24.1 Å². The van der Waals surface area contributed by atoms with Gasteiger partial charge in [0, 0.05) is 11.8 Å². The smallest absolute Gasteiger partial charge is 0.318 e. The Labute approximate surface area is 203 Å². The molecule has 0 aliphatic heterocycles. The number of non-ortho nitro benzene ring substituents is 1. The molecule has 176 valence electrons. The van der Waals surface area contributed by atoms with E-state index in [4.69, 9.17) is 21.1 Å². The molecular formula is C23H15ClN4O7. The molecule has 0 spiro atoms. The largest absolute Gasteiger partial charge is 0.497 e. The van der Waals surface area contributed by atoms with Crippen molar-refractivity contribution in [2.24, 2.45) is 0 Å². The lowest BCUT2D eigenvalue weighted by molar-refractivity contribution is -0.394. The lowest BCUT2D eigenvalue weighted by atomic mass is 10.1. The maximum absolute atomic E-state index is 12.5. The molecule has 0 aliphatic rings. The summed E-state index contributed by atoms with van der Waals surface area (Å²) in [5, 5.41) is 34.2. The molecule has 0 heterocycles. The summed E-state index contributed by atoms with van der Waals surface area (Å²) in [5.74, 6) is -0.255. The lowest BCUT2D eigenvalue weighted by Crippen LogP contribution is -2.13. The third-order valence-electron chi connectivity index (χ3n) is 4.55. The fourth-order valence-corrected chi connectivity index (χ4v) is 3.07. The number of rotatable bonds is 8. The Hall–Kier alpha value is -4.95. The number of nitrogens with one attached hydrogen (secondary N) is 1. The van der Waals surface area contributed by atoms with E-state index in [1.54, 1.807) is 24.3 Å². The number of benzene rings is 3. The van der Waals surface area contributed by atoms with Crippen molar-refractivity contribution in [3.8, 4) is 23.3 Å². The van der Waals surface area contributed by atoms with Gasteiger partial charge in [0.25, 0.3) is 11.6 Å². The summed E-state index contributed by atoms with van der Waals surface area (Å²) in [7, 11) is 1.51. The molecule has 1 N–H and O–H groups in total. The van der Waals surface area contributed by atoms with Crippen LogP contribution in [0.15, 0.2) is 66.2 Å². The molecule has 3 rings (SSSR count). The number of nitro groups is 2. The fraction of sp³-hybridized carbons (Fsp3) is 0.0435. The summed E-state index contributed by atoms with van der Waals surface area (Å²) >= 11 is 6.23. The second kappa shape index (κ2) is 10.8. The van der Waals surface area contributed by atoms with Crippen molar-refractivity contribution in [3.05, 3.63) is 97.1 Å². The van der Waals surface area contributed by atoms with E-state index >= 15 is 0 Å². The monoisotopic (exact) mass is 494 g/mol. The van der Waals surface area contributed by atoms with Gasteiger partial charge in [0.2, 0.25) is 5.75 Å². The molecule has 35 heavy (non-hydrogen) atoms. The second-order valence-corrected chi connectivity index (χ2v) is 7.22. The van der Waals surface area contributed by atoms with Crippen molar-refractivity contribution in [2.45, 2.75) is 0 Å². The highest BCUT2D eigenvalue weighted by Crippen LogP contribution is 2.37. The van der Waals surface area contributed by atoms with Crippen LogP contribution < -0.4 is 14.8 Å². The molecule has 11 nitrogen and oxygen atoms in total. The van der Waals surface area contributed by atoms with E-state index in [-0.39, 0.29) is 22.1 Å². The van der Waals surface area contributed by atoms with Crippen LogP contribution in [0, 0.1) is 31.6 Å². The molecule has 0 fully saturated rings. The minimum Gasteiger partial charge on any atom is -0.497 e. The van der Waals surface area contributed by atoms with Gasteiger partial charge in [-0.05, 0) is 54.1 Å². The van der Waals surface area contributed by atoms with Crippen LogP contribution in [0.25, 0.3) is 6.08 Å². The lowest BCUT2D eigenvalue weighted by Gasteiger charge is -2.09. The van der Waals surface area contributed by atoms with Crippen molar-refractivity contribution in [1.82, 2.24) is 0 Å². The van der Waals surface area contributed by atoms with Gasteiger partial charge in [-0.1, -0.05) is 17.7 Å². The summed E-state index contributed by atoms with van der Waals surface area (Å²) in [6.07, 6.45) is 1.31. The third kappa shape index (κ3) is 6.10. The zero-order valence-electron chi connectivity index (χ0n) is 17.9. The first-order valence-corrected chi connectivity index (χ1v) is 10.1. The molecule has 1 amide bonds. The van der Waals surface area contributed by atoms with Crippen LogP contribution >= 0.6 is 11.6 Å². The van der Waals surface area contributed by atoms with Crippen molar-refractivity contribution in [2.75, 3.05) is 12.4 Å². The molecule has 0 unspecified atom stereocenters. The van der Waals surface area contributed by atoms with Crippen molar-refractivity contribution in [3.63, 3.8) is 0 Å². The number of nitriles is 1. The van der Waals surface area contributed by atoms with Crippen LogP contribution in [0.5, 0.6) is 17.2 Å². The number of hydrogen-bond acceptors (Lipinski definition) is 8. The highest BCUT2D eigenvalue weighted by atomic mass is 35.5. The first-order valence-electron chi connectivity index (χ1n) is 9.69. The maximum Gasteiger partial charge on any atom is 0.318 e. The highest BCUT2D eigenvalue weighted by Gasteiger charge is 2.22. The Balaban J connectivity index is 1.81. The molecule has 0 radical (unpaired) electrons. The fourth-order valence-electron chi connectivity index (χ4n) is 2.84. The molecule has 3 aromatic carbocycles. The van der Waals surface area contributed by atoms with E-state index in [0.29, 0.717) is 17.0 Å². The molecule has 0 atom stereocenters. The minimum absolute atomic E-state index is 0.0271. The standard InChI is InChI=1S/C23H15ClN4O7/c1-34-18-6-3-16(4-7-18)26-23(29)15(13-25)10-14-2-8-21(19(24)11-14)35-22-9-5-17(27(30)31)12-20(22)28(32)33/h2-12H,1H3,(H,26,29)/b15-10+. The van der Waals surface area contributed by atoms with Gasteiger partial charge in [-0.3, -0.25) is 25.0 Å². The summed E-state index contributed by atoms with van der Waals surface area (Å²) < 4.78 is 10.6. The van der Waals surface area contributed by atoms with Crippen LogP contribution in [0.4, 0.5) is 17.1 Å². The average Bonchev–Trinajstić information content (AvgIpc) is 2.84. The number of carbonyl (C=O) groups is 1. The van der Waals surface area contributed by atoms with E-state index in [0.717, 1.165) is 18.2 Å².